The molecule has 0 spiro atoms. The lowest BCUT2D eigenvalue weighted by Crippen LogP contribution is -2.27. The van der Waals surface area contributed by atoms with E-state index >= 15 is 0 Å². The summed E-state index contributed by atoms with van der Waals surface area (Å²) in [4.78, 5) is 24.5. The fourth-order valence-electron chi connectivity index (χ4n) is 4.09. The summed E-state index contributed by atoms with van der Waals surface area (Å²) in [5, 5.41) is 21.9. The first kappa shape index (κ1) is 22.3. The molecule has 9 nitrogen and oxygen atoms in total. The highest BCUT2D eigenvalue weighted by atomic mass is 16.3. The Bertz CT molecular complexity index is 1510. The summed E-state index contributed by atoms with van der Waals surface area (Å²) >= 11 is 0. The lowest BCUT2D eigenvalue weighted by atomic mass is 10.1. The molecule has 0 aliphatic carbocycles. The average molecular weight is 468 g/mol. The maximum absolute atomic E-state index is 13.6. The van der Waals surface area contributed by atoms with Gasteiger partial charge in [-0.15, -0.1) is 0 Å². The second kappa shape index (κ2) is 9.02. The lowest BCUT2D eigenvalue weighted by molar-refractivity contribution is 0.0781. The van der Waals surface area contributed by atoms with E-state index in [2.05, 4.69) is 25.3 Å². The molecule has 0 unspecified atom stereocenters. The molecule has 0 bridgehead atoms. The van der Waals surface area contributed by atoms with Crippen LogP contribution in [0.2, 0.25) is 0 Å². The molecular weight excluding hydrogens is 442 g/mol. The third-order valence-electron chi connectivity index (χ3n) is 6.10. The van der Waals surface area contributed by atoms with Gasteiger partial charge in [-0.2, -0.15) is 10.2 Å². The zero-order chi connectivity index (χ0) is 24.5. The van der Waals surface area contributed by atoms with Crippen LogP contribution in [0.1, 0.15) is 28.7 Å². The largest absolute Gasteiger partial charge is 0.508 e. The van der Waals surface area contributed by atoms with Crippen LogP contribution >= 0.6 is 0 Å². The van der Waals surface area contributed by atoms with Crippen LogP contribution in [-0.4, -0.2) is 52.9 Å². The normalized spacial score (nSPS) is 11.2. The second-order valence-corrected chi connectivity index (χ2v) is 8.38. The molecule has 0 fully saturated rings. The van der Waals surface area contributed by atoms with Crippen LogP contribution in [0.25, 0.3) is 33.5 Å². The van der Waals surface area contributed by atoms with Gasteiger partial charge in [0.05, 0.1) is 17.4 Å². The summed E-state index contributed by atoms with van der Waals surface area (Å²) in [6.45, 7) is 5.18. The minimum absolute atomic E-state index is 0.0505. The zero-order valence-electron chi connectivity index (χ0n) is 19.7. The SMILES string of the molecule is CCn1ncc(CN(C)C(=O)c2nc(-c3ccc(-c4ccn[nH]4)cc3)nc3ccc(O)cc23)c1C. The van der Waals surface area contributed by atoms with Gasteiger partial charge in [-0.1, -0.05) is 24.3 Å². The number of fused-ring (bicyclic) bond motifs is 1. The van der Waals surface area contributed by atoms with E-state index in [1.54, 1.807) is 36.5 Å². The van der Waals surface area contributed by atoms with E-state index in [1.165, 1.54) is 6.07 Å². The minimum Gasteiger partial charge on any atom is -0.508 e. The summed E-state index contributed by atoms with van der Waals surface area (Å²) in [5.41, 5.74) is 5.48. The number of nitrogens with one attached hydrogen (secondary N) is 1. The number of carbonyl (C=O) groups excluding carboxylic acids is 1. The number of hydrogen-bond acceptors (Lipinski definition) is 6. The predicted octanol–water partition coefficient (Wildman–Crippen LogP) is 4.19. The van der Waals surface area contributed by atoms with Crippen molar-refractivity contribution in [3.8, 4) is 28.4 Å². The summed E-state index contributed by atoms with van der Waals surface area (Å²) < 4.78 is 1.90. The summed E-state index contributed by atoms with van der Waals surface area (Å²) in [6, 6.07) is 14.4. The van der Waals surface area contributed by atoms with Gasteiger partial charge < -0.3 is 10.0 Å². The number of amides is 1. The van der Waals surface area contributed by atoms with Crippen LogP contribution in [0.3, 0.4) is 0 Å². The standard InChI is InChI=1S/C26H25N7O2/c1-4-33-16(2)19(14-28-33)15-32(3)26(35)24-21-13-20(34)9-10-23(21)29-25(30-24)18-7-5-17(6-8-18)22-11-12-27-31-22/h5-14,34H,4,15H2,1-3H3,(H,27,31). The number of H-pyrrole nitrogens is 1. The van der Waals surface area contributed by atoms with Crippen molar-refractivity contribution in [2.45, 2.75) is 26.9 Å². The molecule has 9 heteroatoms. The highest BCUT2D eigenvalue weighted by Gasteiger charge is 2.21. The molecule has 3 heterocycles. The first-order valence-corrected chi connectivity index (χ1v) is 11.3. The Kier molecular flexibility index (Phi) is 5.74. The highest BCUT2D eigenvalue weighted by Crippen LogP contribution is 2.27. The van der Waals surface area contributed by atoms with Gasteiger partial charge in [-0.05, 0) is 43.7 Å². The fraction of sp³-hybridized carbons (Fsp3) is 0.192. The highest BCUT2D eigenvalue weighted by molar-refractivity contribution is 6.05. The average Bonchev–Trinajstić information content (AvgIpc) is 3.53. The summed E-state index contributed by atoms with van der Waals surface area (Å²) in [7, 11) is 1.74. The number of phenolic OH excluding ortho intramolecular Hbond substituents is 1. The van der Waals surface area contributed by atoms with Crippen molar-refractivity contribution in [2.75, 3.05) is 7.05 Å². The van der Waals surface area contributed by atoms with Crippen LogP contribution in [0.15, 0.2) is 60.9 Å². The van der Waals surface area contributed by atoms with Crippen LogP contribution in [0.5, 0.6) is 5.75 Å². The van der Waals surface area contributed by atoms with Crippen molar-refractivity contribution in [1.29, 1.82) is 0 Å². The van der Waals surface area contributed by atoms with Gasteiger partial charge in [-0.3, -0.25) is 14.6 Å². The number of carbonyl (C=O) groups is 1. The zero-order valence-corrected chi connectivity index (χ0v) is 19.7. The maximum atomic E-state index is 13.6. The number of benzene rings is 2. The molecular formula is C26H25N7O2. The van der Waals surface area contributed by atoms with Crippen molar-refractivity contribution < 1.29 is 9.90 Å². The second-order valence-electron chi connectivity index (χ2n) is 8.38. The van der Waals surface area contributed by atoms with Crippen LogP contribution in [-0.2, 0) is 13.1 Å². The molecule has 1 amide bonds. The van der Waals surface area contributed by atoms with Gasteiger partial charge in [0, 0.05) is 48.5 Å². The maximum Gasteiger partial charge on any atom is 0.273 e. The number of aromatic nitrogens is 6. The predicted molar refractivity (Wildman–Crippen MR) is 133 cm³/mol. The van der Waals surface area contributed by atoms with Gasteiger partial charge >= 0.3 is 0 Å². The van der Waals surface area contributed by atoms with Crippen molar-refractivity contribution >= 4 is 16.8 Å². The molecule has 0 aliphatic rings. The Balaban J connectivity index is 1.53. The van der Waals surface area contributed by atoms with Crippen LogP contribution in [0.4, 0.5) is 0 Å². The number of aromatic hydroxyl groups is 1. The Morgan fingerprint density at radius 2 is 1.86 bits per heavy atom. The van der Waals surface area contributed by atoms with Gasteiger partial charge in [0.2, 0.25) is 0 Å². The quantitative estimate of drug-likeness (QED) is 0.387. The molecule has 176 valence electrons. The Hall–Kier alpha value is -4.53. The lowest BCUT2D eigenvalue weighted by Gasteiger charge is -2.18. The van der Waals surface area contributed by atoms with E-state index in [0.29, 0.717) is 23.3 Å². The third kappa shape index (κ3) is 4.23. The van der Waals surface area contributed by atoms with Gasteiger partial charge in [-0.25, -0.2) is 9.97 Å². The number of phenols is 1. The molecule has 35 heavy (non-hydrogen) atoms. The van der Waals surface area contributed by atoms with E-state index in [0.717, 1.165) is 34.6 Å². The number of hydrogen-bond donors (Lipinski definition) is 2. The Labute approximate surface area is 202 Å². The fourth-order valence-corrected chi connectivity index (χ4v) is 4.09. The van der Waals surface area contributed by atoms with E-state index in [-0.39, 0.29) is 17.4 Å². The van der Waals surface area contributed by atoms with Crippen LogP contribution in [0, 0.1) is 6.92 Å². The topological polar surface area (TPSA) is 113 Å². The minimum atomic E-state index is -0.262. The number of aromatic amines is 1. The van der Waals surface area contributed by atoms with E-state index in [9.17, 15) is 9.90 Å². The van der Waals surface area contributed by atoms with Crippen molar-refractivity contribution in [3.05, 3.63) is 77.9 Å². The van der Waals surface area contributed by atoms with Gasteiger partial charge in [0.25, 0.3) is 5.91 Å². The smallest absolute Gasteiger partial charge is 0.273 e. The van der Waals surface area contributed by atoms with Crippen LogP contribution < -0.4 is 0 Å². The monoisotopic (exact) mass is 467 g/mol. The molecule has 2 aromatic carbocycles. The van der Waals surface area contributed by atoms with E-state index < -0.39 is 0 Å². The molecule has 2 N–H and O–H groups in total. The summed E-state index contributed by atoms with van der Waals surface area (Å²) in [6.07, 6.45) is 3.49. The molecule has 0 atom stereocenters. The van der Waals surface area contributed by atoms with E-state index in [4.69, 9.17) is 0 Å². The number of aryl methyl sites for hydroxylation is 1. The third-order valence-corrected chi connectivity index (χ3v) is 6.10. The molecule has 5 rings (SSSR count). The summed E-state index contributed by atoms with van der Waals surface area (Å²) in [5.74, 6) is 0.225. The first-order chi connectivity index (χ1) is 16.9. The molecule has 0 saturated heterocycles. The van der Waals surface area contributed by atoms with E-state index in [1.807, 2.05) is 48.9 Å². The molecule has 5 aromatic rings. The Morgan fingerprint density at radius 3 is 2.54 bits per heavy atom. The molecule has 0 saturated carbocycles. The molecule has 0 radical (unpaired) electrons. The molecule has 3 aromatic heterocycles. The van der Waals surface area contributed by atoms with Gasteiger partial charge in [0.1, 0.15) is 11.4 Å². The van der Waals surface area contributed by atoms with Crippen molar-refractivity contribution in [3.63, 3.8) is 0 Å². The van der Waals surface area contributed by atoms with Gasteiger partial charge in [0.15, 0.2) is 5.82 Å². The first-order valence-electron chi connectivity index (χ1n) is 11.3. The van der Waals surface area contributed by atoms with Crippen molar-refractivity contribution in [2.24, 2.45) is 0 Å². The molecule has 0 aliphatic heterocycles. The number of nitrogens with zero attached hydrogens (tertiary/aromatic N) is 6. The Morgan fingerprint density at radius 1 is 1.09 bits per heavy atom. The number of rotatable bonds is 6. The van der Waals surface area contributed by atoms with Crippen molar-refractivity contribution in [1.82, 2.24) is 34.8 Å².